The van der Waals surface area contributed by atoms with Gasteiger partial charge in [0.2, 0.25) is 0 Å². The van der Waals surface area contributed by atoms with Crippen LogP contribution < -0.4 is 4.74 Å². The largest absolute Gasteiger partial charge is 0.488 e. The van der Waals surface area contributed by atoms with E-state index >= 15 is 0 Å². The average Bonchev–Trinajstić information content (AvgIpc) is 2.59. The Balaban J connectivity index is 2.00. The number of nitrogens with zero attached hydrogens (tertiary/aromatic N) is 1. The number of fused-ring (bicyclic) bond motifs is 1. The highest BCUT2D eigenvalue weighted by atomic mass is 35.5. The molecular weight excluding hydrogens is 333 g/mol. The van der Waals surface area contributed by atoms with Crippen molar-refractivity contribution in [3.05, 3.63) is 70.6 Å². The van der Waals surface area contributed by atoms with Crippen LogP contribution in [0.1, 0.15) is 16.1 Å². The van der Waals surface area contributed by atoms with E-state index < -0.39 is 5.97 Å². The standard InChI is InChI=1S/C18H13ClFNO3/c1-23-18(22)16-9-17(14-8-12(19)5-6-15(14)21-16)24-10-11-3-2-4-13(20)7-11/h2-9H,10H2,1H3. The number of pyridine rings is 1. The molecule has 0 aliphatic rings. The SMILES string of the molecule is COC(=O)c1cc(OCc2cccc(F)c2)c2cc(Cl)ccc2n1. The molecule has 122 valence electrons. The number of aromatic nitrogens is 1. The Kier molecular flexibility index (Phi) is 4.62. The summed E-state index contributed by atoms with van der Waals surface area (Å²) >= 11 is 6.03. The van der Waals surface area contributed by atoms with Gasteiger partial charge in [0.25, 0.3) is 0 Å². The molecule has 3 rings (SSSR count). The maximum atomic E-state index is 13.3. The minimum atomic E-state index is -0.567. The van der Waals surface area contributed by atoms with Gasteiger partial charge in [-0.05, 0) is 35.9 Å². The summed E-state index contributed by atoms with van der Waals surface area (Å²) in [5.41, 5.74) is 1.35. The first-order chi connectivity index (χ1) is 11.6. The van der Waals surface area contributed by atoms with Crippen LogP contribution in [-0.4, -0.2) is 18.1 Å². The van der Waals surface area contributed by atoms with Crippen LogP contribution in [0.3, 0.4) is 0 Å². The lowest BCUT2D eigenvalue weighted by Crippen LogP contribution is -2.06. The van der Waals surface area contributed by atoms with E-state index in [0.29, 0.717) is 27.2 Å². The van der Waals surface area contributed by atoms with Gasteiger partial charge in [-0.25, -0.2) is 14.2 Å². The molecule has 0 fully saturated rings. The number of halogens is 2. The number of benzene rings is 2. The maximum absolute atomic E-state index is 13.3. The van der Waals surface area contributed by atoms with Gasteiger partial charge in [-0.2, -0.15) is 0 Å². The first-order valence-corrected chi connectivity index (χ1v) is 7.50. The van der Waals surface area contributed by atoms with Crippen LogP contribution in [0.25, 0.3) is 10.9 Å². The molecule has 0 unspecified atom stereocenters. The van der Waals surface area contributed by atoms with Crippen molar-refractivity contribution >= 4 is 28.5 Å². The molecule has 0 bridgehead atoms. The molecular formula is C18H13ClFNO3. The second kappa shape index (κ2) is 6.84. The van der Waals surface area contributed by atoms with Gasteiger partial charge >= 0.3 is 5.97 Å². The molecule has 0 aliphatic heterocycles. The van der Waals surface area contributed by atoms with Crippen molar-refractivity contribution in [1.29, 1.82) is 0 Å². The van der Waals surface area contributed by atoms with Crippen LogP contribution in [0, 0.1) is 5.82 Å². The summed E-state index contributed by atoms with van der Waals surface area (Å²) in [7, 11) is 1.28. The van der Waals surface area contributed by atoms with Gasteiger partial charge in [-0.15, -0.1) is 0 Å². The van der Waals surface area contributed by atoms with Crippen LogP contribution >= 0.6 is 11.6 Å². The van der Waals surface area contributed by atoms with Gasteiger partial charge in [0.1, 0.15) is 18.2 Å². The highest BCUT2D eigenvalue weighted by Crippen LogP contribution is 2.29. The van der Waals surface area contributed by atoms with Crippen LogP contribution in [0.15, 0.2) is 48.5 Å². The molecule has 24 heavy (non-hydrogen) atoms. The number of hydrogen-bond acceptors (Lipinski definition) is 4. The van der Waals surface area contributed by atoms with Crippen molar-refractivity contribution in [3.63, 3.8) is 0 Å². The second-order valence-electron chi connectivity index (χ2n) is 5.08. The molecule has 3 aromatic rings. The lowest BCUT2D eigenvalue weighted by molar-refractivity contribution is 0.0594. The molecule has 4 nitrogen and oxygen atoms in total. The van der Waals surface area contributed by atoms with E-state index in [1.165, 1.54) is 25.3 Å². The average molecular weight is 346 g/mol. The van der Waals surface area contributed by atoms with Crippen molar-refractivity contribution in [2.24, 2.45) is 0 Å². The molecule has 0 saturated heterocycles. The van der Waals surface area contributed by atoms with Crippen LogP contribution in [0.4, 0.5) is 4.39 Å². The predicted molar refractivity (Wildman–Crippen MR) is 88.8 cm³/mol. The summed E-state index contributed by atoms with van der Waals surface area (Å²) in [5.74, 6) is -0.483. The van der Waals surface area contributed by atoms with Crippen molar-refractivity contribution < 1.29 is 18.7 Å². The normalized spacial score (nSPS) is 10.6. The Morgan fingerprint density at radius 2 is 2.04 bits per heavy atom. The van der Waals surface area contributed by atoms with Gasteiger partial charge in [-0.1, -0.05) is 23.7 Å². The first-order valence-electron chi connectivity index (χ1n) is 7.12. The number of ether oxygens (including phenoxy) is 2. The maximum Gasteiger partial charge on any atom is 0.356 e. The Labute approximate surface area is 142 Å². The number of hydrogen-bond donors (Lipinski definition) is 0. The number of carbonyl (C=O) groups excluding carboxylic acids is 1. The molecule has 6 heteroatoms. The van der Waals surface area contributed by atoms with Crippen LogP contribution in [-0.2, 0) is 11.3 Å². The molecule has 0 amide bonds. The fourth-order valence-corrected chi connectivity index (χ4v) is 2.46. The highest BCUT2D eigenvalue weighted by molar-refractivity contribution is 6.31. The molecule has 0 atom stereocenters. The molecule has 0 spiro atoms. The van der Waals surface area contributed by atoms with Crippen molar-refractivity contribution in [2.45, 2.75) is 6.61 Å². The Morgan fingerprint density at radius 1 is 1.21 bits per heavy atom. The summed E-state index contributed by atoms with van der Waals surface area (Å²) in [5, 5.41) is 1.18. The van der Waals surface area contributed by atoms with E-state index in [-0.39, 0.29) is 18.1 Å². The zero-order valence-corrected chi connectivity index (χ0v) is 13.5. The number of methoxy groups -OCH3 is 1. The molecule has 0 aliphatic carbocycles. The van der Waals surface area contributed by atoms with E-state index in [0.717, 1.165) is 0 Å². The molecule has 0 saturated carbocycles. The molecule has 0 N–H and O–H groups in total. The van der Waals surface area contributed by atoms with E-state index in [1.807, 2.05) is 0 Å². The quantitative estimate of drug-likeness (QED) is 0.658. The van der Waals surface area contributed by atoms with Crippen molar-refractivity contribution in [2.75, 3.05) is 7.11 Å². The molecule has 0 radical (unpaired) electrons. The third-order valence-corrected chi connectivity index (χ3v) is 3.65. The Hall–Kier alpha value is -2.66. The van der Waals surface area contributed by atoms with Crippen LogP contribution in [0.5, 0.6) is 5.75 Å². The van der Waals surface area contributed by atoms with E-state index in [2.05, 4.69) is 4.98 Å². The third-order valence-electron chi connectivity index (χ3n) is 3.41. The minimum absolute atomic E-state index is 0.126. The summed E-state index contributed by atoms with van der Waals surface area (Å²) in [6.45, 7) is 0.143. The van der Waals surface area contributed by atoms with E-state index in [1.54, 1.807) is 30.3 Å². The summed E-state index contributed by atoms with van der Waals surface area (Å²) in [4.78, 5) is 16.0. The minimum Gasteiger partial charge on any atom is -0.488 e. The monoisotopic (exact) mass is 345 g/mol. The molecule has 1 aromatic heterocycles. The Morgan fingerprint density at radius 3 is 2.79 bits per heavy atom. The smallest absolute Gasteiger partial charge is 0.356 e. The van der Waals surface area contributed by atoms with Gasteiger partial charge in [0.05, 0.1) is 12.6 Å². The van der Waals surface area contributed by atoms with Gasteiger partial charge in [0, 0.05) is 16.5 Å². The summed E-state index contributed by atoms with van der Waals surface area (Å²) in [6.07, 6.45) is 0. The fourth-order valence-electron chi connectivity index (χ4n) is 2.28. The fraction of sp³-hybridized carbons (Fsp3) is 0.111. The van der Waals surface area contributed by atoms with Gasteiger partial charge < -0.3 is 9.47 Å². The first kappa shape index (κ1) is 16.2. The van der Waals surface area contributed by atoms with Crippen LogP contribution in [0.2, 0.25) is 5.02 Å². The number of esters is 1. The summed E-state index contributed by atoms with van der Waals surface area (Å²) < 4.78 is 23.8. The predicted octanol–water partition coefficient (Wildman–Crippen LogP) is 4.39. The second-order valence-corrected chi connectivity index (χ2v) is 5.51. The van der Waals surface area contributed by atoms with Crippen molar-refractivity contribution in [1.82, 2.24) is 4.98 Å². The Bertz CT molecular complexity index is 914. The summed E-state index contributed by atoms with van der Waals surface area (Å²) in [6, 6.07) is 12.7. The third kappa shape index (κ3) is 3.46. The lowest BCUT2D eigenvalue weighted by Gasteiger charge is -2.11. The molecule has 2 aromatic carbocycles. The van der Waals surface area contributed by atoms with E-state index in [9.17, 15) is 9.18 Å². The van der Waals surface area contributed by atoms with Crippen molar-refractivity contribution in [3.8, 4) is 5.75 Å². The molecule has 1 heterocycles. The zero-order chi connectivity index (χ0) is 17.1. The topological polar surface area (TPSA) is 48.4 Å². The van der Waals surface area contributed by atoms with Gasteiger partial charge in [-0.3, -0.25) is 0 Å². The lowest BCUT2D eigenvalue weighted by atomic mass is 10.1. The number of carbonyl (C=O) groups is 1. The van der Waals surface area contributed by atoms with E-state index in [4.69, 9.17) is 21.1 Å². The van der Waals surface area contributed by atoms with Gasteiger partial charge in [0.15, 0.2) is 5.69 Å². The number of rotatable bonds is 4. The highest BCUT2D eigenvalue weighted by Gasteiger charge is 2.14. The zero-order valence-electron chi connectivity index (χ0n) is 12.8.